The van der Waals surface area contributed by atoms with Crippen molar-refractivity contribution in [2.45, 2.75) is 18.9 Å². The topological polar surface area (TPSA) is 20.2 Å². The van der Waals surface area contributed by atoms with Gasteiger partial charge < -0.3 is 5.11 Å². The molecule has 0 amide bonds. The summed E-state index contributed by atoms with van der Waals surface area (Å²) in [5.74, 6) is 0.135. The molecule has 0 saturated carbocycles. The Hall–Kier alpha value is -0.600. The summed E-state index contributed by atoms with van der Waals surface area (Å²) in [5.41, 5.74) is 0.354. The molecular weight excluding hydrogens is 191 g/mol. The third-order valence-electron chi connectivity index (χ3n) is 1.88. The number of aliphatic hydroxyl groups excluding tert-OH is 1. The molecule has 1 unspecified atom stereocenters. The summed E-state index contributed by atoms with van der Waals surface area (Å²) in [7, 11) is 0. The Labute approximate surface area is 82.2 Å². The molecular formula is C10H12ClFO. The van der Waals surface area contributed by atoms with Gasteiger partial charge in [0.2, 0.25) is 0 Å². The van der Waals surface area contributed by atoms with E-state index >= 15 is 0 Å². The summed E-state index contributed by atoms with van der Waals surface area (Å²) in [6.45, 7) is 0. The molecule has 1 nitrogen and oxygen atoms in total. The second-order valence-electron chi connectivity index (χ2n) is 2.87. The first kappa shape index (κ1) is 10.5. The van der Waals surface area contributed by atoms with Gasteiger partial charge in [0.1, 0.15) is 5.82 Å². The highest BCUT2D eigenvalue weighted by Gasteiger charge is 2.10. The monoisotopic (exact) mass is 202 g/mol. The lowest BCUT2D eigenvalue weighted by molar-refractivity contribution is 0.162. The summed E-state index contributed by atoms with van der Waals surface area (Å²) >= 11 is 5.47. The van der Waals surface area contributed by atoms with Crippen molar-refractivity contribution in [2.75, 3.05) is 5.88 Å². The fourth-order valence-corrected chi connectivity index (χ4v) is 1.33. The first-order valence-electron chi connectivity index (χ1n) is 4.24. The molecule has 0 aliphatic heterocycles. The molecule has 0 spiro atoms. The molecule has 0 aromatic heterocycles. The van der Waals surface area contributed by atoms with Crippen molar-refractivity contribution in [1.29, 1.82) is 0 Å². The number of alkyl halides is 1. The lowest BCUT2D eigenvalue weighted by Crippen LogP contribution is -2.00. The van der Waals surface area contributed by atoms with Crippen LogP contribution in [0.15, 0.2) is 24.3 Å². The molecule has 13 heavy (non-hydrogen) atoms. The fraction of sp³-hybridized carbons (Fsp3) is 0.400. The van der Waals surface area contributed by atoms with Crippen LogP contribution in [0.3, 0.4) is 0 Å². The van der Waals surface area contributed by atoms with Gasteiger partial charge in [-0.05, 0) is 18.9 Å². The normalized spacial score (nSPS) is 12.8. The van der Waals surface area contributed by atoms with E-state index < -0.39 is 6.10 Å². The smallest absolute Gasteiger partial charge is 0.128 e. The average Bonchev–Trinajstić information content (AvgIpc) is 2.15. The molecule has 1 atom stereocenters. The molecule has 0 aliphatic carbocycles. The maximum absolute atomic E-state index is 13.1. The van der Waals surface area contributed by atoms with Crippen molar-refractivity contribution >= 4 is 11.6 Å². The van der Waals surface area contributed by atoms with Crippen LogP contribution >= 0.6 is 11.6 Å². The van der Waals surface area contributed by atoms with Crippen molar-refractivity contribution < 1.29 is 9.50 Å². The van der Waals surface area contributed by atoms with Gasteiger partial charge >= 0.3 is 0 Å². The maximum Gasteiger partial charge on any atom is 0.128 e. The van der Waals surface area contributed by atoms with Crippen LogP contribution in [0.25, 0.3) is 0 Å². The van der Waals surface area contributed by atoms with E-state index in [2.05, 4.69) is 0 Å². The van der Waals surface area contributed by atoms with Crippen LogP contribution in [0, 0.1) is 5.82 Å². The fourth-order valence-electron chi connectivity index (χ4n) is 1.17. The number of aliphatic hydroxyl groups is 1. The Kier molecular flexibility index (Phi) is 4.19. The molecule has 0 heterocycles. The number of benzene rings is 1. The molecule has 0 aliphatic rings. The maximum atomic E-state index is 13.1. The highest BCUT2D eigenvalue weighted by atomic mass is 35.5. The first-order chi connectivity index (χ1) is 6.25. The molecule has 1 N–H and O–H groups in total. The number of hydrogen-bond donors (Lipinski definition) is 1. The minimum absolute atomic E-state index is 0.354. The van der Waals surface area contributed by atoms with E-state index in [1.165, 1.54) is 6.07 Å². The van der Waals surface area contributed by atoms with E-state index in [1.807, 2.05) is 0 Å². The summed E-state index contributed by atoms with van der Waals surface area (Å²) in [6.07, 6.45) is 0.460. The van der Waals surface area contributed by atoms with Gasteiger partial charge in [-0.3, -0.25) is 0 Å². The van der Waals surface area contributed by atoms with E-state index in [4.69, 9.17) is 11.6 Å². The van der Waals surface area contributed by atoms with Crippen molar-refractivity contribution in [1.82, 2.24) is 0 Å². The van der Waals surface area contributed by atoms with E-state index in [0.717, 1.165) is 0 Å². The minimum Gasteiger partial charge on any atom is -0.388 e. The van der Waals surface area contributed by atoms with E-state index in [9.17, 15) is 9.50 Å². The Balaban J connectivity index is 2.65. The van der Waals surface area contributed by atoms with Crippen LogP contribution in [0.4, 0.5) is 4.39 Å². The molecule has 0 fully saturated rings. The second kappa shape index (κ2) is 5.20. The van der Waals surface area contributed by atoms with Crippen molar-refractivity contribution in [3.63, 3.8) is 0 Å². The van der Waals surface area contributed by atoms with Gasteiger partial charge in [0.05, 0.1) is 6.10 Å². The van der Waals surface area contributed by atoms with E-state index in [-0.39, 0.29) is 5.82 Å². The summed E-state index contributed by atoms with van der Waals surface area (Å²) in [5, 5.41) is 9.53. The zero-order valence-corrected chi connectivity index (χ0v) is 7.97. The van der Waals surface area contributed by atoms with E-state index in [1.54, 1.807) is 18.2 Å². The van der Waals surface area contributed by atoms with Crippen LogP contribution in [0.2, 0.25) is 0 Å². The molecule has 1 rings (SSSR count). The average molecular weight is 203 g/mol. The van der Waals surface area contributed by atoms with Crippen LogP contribution in [-0.2, 0) is 0 Å². The molecule has 3 heteroatoms. The van der Waals surface area contributed by atoms with Crippen LogP contribution < -0.4 is 0 Å². The molecule has 72 valence electrons. The summed E-state index contributed by atoms with van der Waals surface area (Å²) < 4.78 is 13.1. The van der Waals surface area contributed by atoms with Crippen LogP contribution in [-0.4, -0.2) is 11.0 Å². The summed E-state index contributed by atoms with van der Waals surface area (Å²) in [6, 6.07) is 6.25. The van der Waals surface area contributed by atoms with Gasteiger partial charge in [-0.25, -0.2) is 4.39 Å². The molecule has 0 radical (unpaired) electrons. The lowest BCUT2D eigenvalue weighted by Gasteiger charge is -2.10. The van der Waals surface area contributed by atoms with Crippen molar-refractivity contribution in [3.05, 3.63) is 35.6 Å². The van der Waals surface area contributed by atoms with Crippen LogP contribution in [0.5, 0.6) is 0 Å². The third-order valence-corrected chi connectivity index (χ3v) is 2.14. The van der Waals surface area contributed by atoms with Gasteiger partial charge in [-0.2, -0.15) is 0 Å². The predicted octanol–water partition coefficient (Wildman–Crippen LogP) is 2.88. The first-order valence-corrected chi connectivity index (χ1v) is 4.77. The van der Waals surface area contributed by atoms with Gasteiger partial charge in [-0.15, -0.1) is 11.6 Å². The Morgan fingerprint density at radius 3 is 2.69 bits per heavy atom. The van der Waals surface area contributed by atoms with Crippen LogP contribution in [0.1, 0.15) is 24.5 Å². The highest BCUT2D eigenvalue weighted by molar-refractivity contribution is 6.17. The number of rotatable bonds is 4. The molecule has 1 aromatic carbocycles. The minimum atomic E-state index is -0.736. The van der Waals surface area contributed by atoms with Gasteiger partial charge in [-0.1, -0.05) is 18.2 Å². The third kappa shape index (κ3) is 2.98. The number of hydrogen-bond acceptors (Lipinski definition) is 1. The Bertz CT molecular complexity index is 265. The van der Waals surface area contributed by atoms with Gasteiger partial charge in [0.15, 0.2) is 0 Å². The van der Waals surface area contributed by atoms with Crippen molar-refractivity contribution in [3.8, 4) is 0 Å². The molecule has 1 aromatic rings. The predicted molar refractivity (Wildman–Crippen MR) is 51.3 cm³/mol. The Morgan fingerprint density at radius 2 is 2.08 bits per heavy atom. The molecule has 0 saturated heterocycles. The Morgan fingerprint density at radius 1 is 1.38 bits per heavy atom. The highest BCUT2D eigenvalue weighted by Crippen LogP contribution is 2.20. The second-order valence-corrected chi connectivity index (χ2v) is 3.25. The molecule has 0 bridgehead atoms. The number of halogens is 2. The summed E-state index contributed by atoms with van der Waals surface area (Å²) in [4.78, 5) is 0. The van der Waals surface area contributed by atoms with Gasteiger partial charge in [0, 0.05) is 11.4 Å². The SMILES string of the molecule is OC(CCCCl)c1ccccc1F. The largest absolute Gasteiger partial charge is 0.388 e. The lowest BCUT2D eigenvalue weighted by atomic mass is 10.1. The zero-order valence-electron chi connectivity index (χ0n) is 7.21. The van der Waals surface area contributed by atoms with Gasteiger partial charge in [0.25, 0.3) is 0 Å². The zero-order chi connectivity index (χ0) is 9.68. The quantitative estimate of drug-likeness (QED) is 0.745. The van der Waals surface area contributed by atoms with Crippen molar-refractivity contribution in [2.24, 2.45) is 0 Å². The standard InChI is InChI=1S/C10H12ClFO/c11-7-3-6-10(13)8-4-1-2-5-9(8)12/h1-2,4-5,10,13H,3,6-7H2. The van der Waals surface area contributed by atoms with E-state index in [0.29, 0.717) is 24.3 Å².